The lowest BCUT2D eigenvalue weighted by molar-refractivity contribution is -0.384. The Balaban J connectivity index is 1.86. The van der Waals surface area contributed by atoms with Gasteiger partial charge < -0.3 is 19.3 Å². The normalized spacial score (nSPS) is 13.7. The Morgan fingerprint density at radius 3 is 2.10 bits per heavy atom. The van der Waals surface area contributed by atoms with Gasteiger partial charge in [0, 0.05) is 45.2 Å². The van der Waals surface area contributed by atoms with Gasteiger partial charge in [0.1, 0.15) is 17.2 Å². The third-order valence-electron chi connectivity index (χ3n) is 4.70. The summed E-state index contributed by atoms with van der Waals surface area (Å²) in [6.07, 6.45) is 0. The molecule has 152 valence electrons. The molecule has 9 heteroatoms. The molecule has 0 saturated carbocycles. The van der Waals surface area contributed by atoms with E-state index in [0.717, 1.165) is 0 Å². The predicted molar refractivity (Wildman–Crippen MR) is 104 cm³/mol. The third-order valence-corrected chi connectivity index (χ3v) is 4.70. The molecule has 9 nitrogen and oxygen atoms in total. The molecular weight excluding hydrogens is 378 g/mol. The van der Waals surface area contributed by atoms with Crippen LogP contribution in [0.4, 0.5) is 5.69 Å². The summed E-state index contributed by atoms with van der Waals surface area (Å²) in [4.78, 5) is 38.4. The van der Waals surface area contributed by atoms with E-state index in [1.54, 1.807) is 41.2 Å². The molecule has 0 N–H and O–H groups in total. The number of non-ortho nitro benzene ring substituents is 1. The highest BCUT2D eigenvalue weighted by molar-refractivity contribution is 5.98. The molecule has 0 aliphatic carbocycles. The Morgan fingerprint density at radius 1 is 0.966 bits per heavy atom. The van der Waals surface area contributed by atoms with E-state index in [1.165, 1.54) is 25.1 Å². The summed E-state index contributed by atoms with van der Waals surface area (Å²) in [6, 6.07) is 10.7. The third kappa shape index (κ3) is 4.63. The molecule has 1 heterocycles. The van der Waals surface area contributed by atoms with Gasteiger partial charge in [-0.3, -0.25) is 19.7 Å². The Hall–Kier alpha value is -3.62. The van der Waals surface area contributed by atoms with Crippen LogP contribution in [-0.4, -0.2) is 59.8 Å². The zero-order chi connectivity index (χ0) is 21.0. The largest absolute Gasteiger partial charge is 0.497 e. The molecule has 0 unspecified atom stereocenters. The highest BCUT2D eigenvalue weighted by Gasteiger charge is 2.27. The fourth-order valence-corrected chi connectivity index (χ4v) is 3.05. The molecule has 1 fully saturated rings. The van der Waals surface area contributed by atoms with Crippen LogP contribution in [0.1, 0.15) is 17.3 Å². The van der Waals surface area contributed by atoms with Crippen molar-refractivity contribution in [3.05, 3.63) is 58.1 Å². The number of nitro groups is 1. The smallest absolute Gasteiger partial charge is 0.270 e. The van der Waals surface area contributed by atoms with Crippen LogP contribution >= 0.6 is 0 Å². The van der Waals surface area contributed by atoms with Gasteiger partial charge in [-0.05, 0) is 30.3 Å². The summed E-state index contributed by atoms with van der Waals surface area (Å²) in [5, 5.41) is 11.2. The van der Waals surface area contributed by atoms with E-state index < -0.39 is 4.92 Å². The number of ether oxygens (including phenoxy) is 2. The van der Waals surface area contributed by atoms with Crippen molar-refractivity contribution < 1.29 is 24.0 Å². The minimum absolute atomic E-state index is 0.0454. The summed E-state index contributed by atoms with van der Waals surface area (Å²) in [6.45, 7) is 3.03. The summed E-state index contributed by atoms with van der Waals surface area (Å²) in [7, 11) is 1.55. The fourth-order valence-electron chi connectivity index (χ4n) is 3.05. The van der Waals surface area contributed by atoms with Gasteiger partial charge in [-0.2, -0.15) is 0 Å². The Morgan fingerprint density at radius 2 is 1.55 bits per heavy atom. The number of nitrogens with zero attached hydrogens (tertiary/aromatic N) is 3. The number of carbonyl (C=O) groups is 2. The predicted octanol–water partition coefficient (Wildman–Crippen LogP) is 2.70. The van der Waals surface area contributed by atoms with E-state index in [1.807, 2.05) is 0 Å². The van der Waals surface area contributed by atoms with Gasteiger partial charge in [0.25, 0.3) is 11.6 Å². The first-order valence-corrected chi connectivity index (χ1v) is 9.04. The molecule has 0 bridgehead atoms. The van der Waals surface area contributed by atoms with Crippen molar-refractivity contribution in [3.8, 4) is 17.2 Å². The number of hydrogen-bond donors (Lipinski definition) is 0. The van der Waals surface area contributed by atoms with Crippen molar-refractivity contribution in [2.45, 2.75) is 6.92 Å². The molecule has 1 saturated heterocycles. The van der Waals surface area contributed by atoms with Gasteiger partial charge in [0.05, 0.1) is 17.6 Å². The molecule has 0 radical (unpaired) electrons. The number of rotatable bonds is 5. The monoisotopic (exact) mass is 399 g/mol. The first kappa shape index (κ1) is 20.1. The first-order chi connectivity index (χ1) is 13.9. The van der Waals surface area contributed by atoms with E-state index in [9.17, 15) is 19.7 Å². The molecule has 3 rings (SSSR count). The van der Waals surface area contributed by atoms with E-state index in [-0.39, 0.29) is 28.8 Å². The number of nitro benzene ring substituents is 1. The van der Waals surface area contributed by atoms with Crippen molar-refractivity contribution in [2.75, 3.05) is 33.3 Å². The van der Waals surface area contributed by atoms with Crippen LogP contribution in [0.15, 0.2) is 42.5 Å². The summed E-state index contributed by atoms with van der Waals surface area (Å²) in [5.41, 5.74) is -0.0934. The average Bonchev–Trinajstić information content (AvgIpc) is 2.74. The zero-order valence-corrected chi connectivity index (χ0v) is 16.2. The Bertz CT molecular complexity index is 920. The first-order valence-electron chi connectivity index (χ1n) is 9.04. The highest BCUT2D eigenvalue weighted by Crippen LogP contribution is 2.31. The molecule has 1 aliphatic heterocycles. The van der Waals surface area contributed by atoms with Gasteiger partial charge in [-0.25, -0.2) is 0 Å². The molecule has 2 amide bonds. The quantitative estimate of drug-likeness (QED) is 0.566. The number of hydrogen-bond acceptors (Lipinski definition) is 6. The van der Waals surface area contributed by atoms with Crippen LogP contribution in [0.3, 0.4) is 0 Å². The van der Waals surface area contributed by atoms with Gasteiger partial charge in [-0.1, -0.05) is 0 Å². The van der Waals surface area contributed by atoms with Crippen molar-refractivity contribution in [1.29, 1.82) is 0 Å². The maximum atomic E-state index is 13.1. The molecule has 0 spiro atoms. The van der Waals surface area contributed by atoms with E-state index in [2.05, 4.69) is 0 Å². The summed E-state index contributed by atoms with van der Waals surface area (Å²) >= 11 is 0. The van der Waals surface area contributed by atoms with Crippen LogP contribution in [-0.2, 0) is 4.79 Å². The molecule has 0 atom stereocenters. The summed E-state index contributed by atoms with van der Waals surface area (Å²) in [5.74, 6) is 0.923. The minimum Gasteiger partial charge on any atom is -0.497 e. The number of methoxy groups -OCH3 is 1. The number of piperazine rings is 1. The Kier molecular flexibility index (Phi) is 5.96. The lowest BCUT2D eigenvalue weighted by atomic mass is 10.1. The molecule has 1 aliphatic rings. The van der Waals surface area contributed by atoms with Crippen LogP contribution < -0.4 is 9.47 Å². The molecule has 2 aromatic carbocycles. The Labute approximate surface area is 167 Å². The minimum atomic E-state index is -0.554. The van der Waals surface area contributed by atoms with Crippen molar-refractivity contribution in [1.82, 2.24) is 9.80 Å². The van der Waals surface area contributed by atoms with Gasteiger partial charge in [0.2, 0.25) is 5.91 Å². The van der Waals surface area contributed by atoms with Crippen molar-refractivity contribution in [3.63, 3.8) is 0 Å². The lowest BCUT2D eigenvalue weighted by Gasteiger charge is -2.34. The van der Waals surface area contributed by atoms with Gasteiger partial charge >= 0.3 is 0 Å². The van der Waals surface area contributed by atoms with Crippen LogP contribution in [0.25, 0.3) is 0 Å². The molecule has 0 aromatic heterocycles. The number of carbonyl (C=O) groups excluding carboxylic acids is 2. The zero-order valence-electron chi connectivity index (χ0n) is 16.2. The van der Waals surface area contributed by atoms with Gasteiger partial charge in [-0.15, -0.1) is 0 Å². The summed E-state index contributed by atoms with van der Waals surface area (Å²) < 4.78 is 10.9. The SMILES string of the molecule is COc1ccc(Oc2ccc([N+](=O)[O-])cc2C(=O)N2CCN(C(C)=O)CC2)cc1. The van der Waals surface area contributed by atoms with Crippen LogP contribution in [0, 0.1) is 10.1 Å². The second-order valence-corrected chi connectivity index (χ2v) is 6.51. The standard InChI is InChI=1S/C20H21N3O6/c1-14(24)21-9-11-22(12-10-21)20(25)18-13-15(23(26)27)3-8-19(18)29-17-6-4-16(28-2)5-7-17/h3-8,13H,9-12H2,1-2H3. The van der Waals surface area contributed by atoms with E-state index >= 15 is 0 Å². The maximum Gasteiger partial charge on any atom is 0.270 e. The van der Waals surface area contributed by atoms with Crippen LogP contribution in [0.5, 0.6) is 17.2 Å². The van der Waals surface area contributed by atoms with Crippen molar-refractivity contribution >= 4 is 17.5 Å². The average molecular weight is 399 g/mol. The lowest BCUT2D eigenvalue weighted by Crippen LogP contribution is -2.50. The maximum absolute atomic E-state index is 13.1. The second kappa shape index (κ2) is 8.59. The van der Waals surface area contributed by atoms with E-state index in [0.29, 0.717) is 37.7 Å². The van der Waals surface area contributed by atoms with Gasteiger partial charge in [0.15, 0.2) is 0 Å². The highest BCUT2D eigenvalue weighted by atomic mass is 16.6. The van der Waals surface area contributed by atoms with Crippen molar-refractivity contribution in [2.24, 2.45) is 0 Å². The molecule has 2 aromatic rings. The second-order valence-electron chi connectivity index (χ2n) is 6.51. The fraction of sp³-hybridized carbons (Fsp3) is 0.300. The number of amides is 2. The van der Waals surface area contributed by atoms with Crippen LogP contribution in [0.2, 0.25) is 0 Å². The number of benzene rings is 2. The topological polar surface area (TPSA) is 102 Å². The molecule has 29 heavy (non-hydrogen) atoms. The van der Waals surface area contributed by atoms with E-state index in [4.69, 9.17) is 9.47 Å². The molecular formula is C20H21N3O6.